The van der Waals surface area contributed by atoms with E-state index in [1.807, 2.05) is 12.1 Å². The van der Waals surface area contributed by atoms with Crippen molar-refractivity contribution >= 4 is 27.8 Å². The third kappa shape index (κ3) is 6.24. The van der Waals surface area contributed by atoms with Crippen molar-refractivity contribution < 1.29 is 19.1 Å². The highest BCUT2D eigenvalue weighted by Crippen LogP contribution is 2.17. The van der Waals surface area contributed by atoms with Crippen LogP contribution >= 0.6 is 15.9 Å². The fraction of sp³-hybridized carbons (Fsp3) is 0.385. The van der Waals surface area contributed by atoms with Gasteiger partial charge in [0.25, 0.3) is 5.91 Å². The second kappa shape index (κ2) is 7.78. The van der Waals surface area contributed by atoms with Gasteiger partial charge in [-0.1, -0.05) is 22.0 Å². The Morgan fingerprint density at radius 3 is 2.79 bits per heavy atom. The Hall–Kier alpha value is -1.56. The van der Waals surface area contributed by atoms with Crippen LogP contribution in [0.3, 0.4) is 0 Å². The van der Waals surface area contributed by atoms with Crippen molar-refractivity contribution in [2.24, 2.45) is 0 Å². The van der Waals surface area contributed by atoms with E-state index in [1.165, 1.54) is 7.11 Å². The van der Waals surface area contributed by atoms with Gasteiger partial charge in [-0.2, -0.15) is 0 Å². The minimum atomic E-state index is -0.360. The maximum absolute atomic E-state index is 11.6. The van der Waals surface area contributed by atoms with Crippen LogP contribution in [-0.2, 0) is 14.3 Å². The lowest BCUT2D eigenvalue weighted by Crippen LogP contribution is -2.37. The fourth-order valence-electron chi connectivity index (χ4n) is 1.41. The summed E-state index contributed by atoms with van der Waals surface area (Å²) in [5.41, 5.74) is 0. The van der Waals surface area contributed by atoms with Gasteiger partial charge in [-0.15, -0.1) is 0 Å². The molecule has 0 aliphatic rings. The zero-order chi connectivity index (χ0) is 14.3. The minimum Gasteiger partial charge on any atom is -0.484 e. The molecule has 0 aromatic heterocycles. The van der Waals surface area contributed by atoms with Crippen molar-refractivity contribution in [1.82, 2.24) is 5.32 Å². The van der Waals surface area contributed by atoms with E-state index in [0.29, 0.717) is 5.75 Å². The molecular weight excluding hydrogens is 314 g/mol. The van der Waals surface area contributed by atoms with E-state index in [4.69, 9.17) is 4.74 Å². The molecule has 0 aliphatic carbocycles. The summed E-state index contributed by atoms with van der Waals surface area (Å²) in [6.45, 7) is 1.63. The summed E-state index contributed by atoms with van der Waals surface area (Å²) in [4.78, 5) is 22.6. The number of hydrogen-bond donors (Lipinski definition) is 1. The predicted octanol–water partition coefficient (Wildman–Crippen LogP) is 1.90. The van der Waals surface area contributed by atoms with E-state index < -0.39 is 0 Å². The van der Waals surface area contributed by atoms with Gasteiger partial charge >= 0.3 is 5.97 Å². The standard InChI is InChI=1S/C13H16BrNO4/c1-9(6-13(17)18-2)15-12(16)8-19-11-5-3-4-10(14)7-11/h3-5,7,9H,6,8H2,1-2H3,(H,15,16). The molecule has 0 spiro atoms. The lowest BCUT2D eigenvalue weighted by Gasteiger charge is -2.13. The van der Waals surface area contributed by atoms with Gasteiger partial charge in [0.2, 0.25) is 0 Å². The van der Waals surface area contributed by atoms with E-state index in [0.717, 1.165) is 4.47 Å². The van der Waals surface area contributed by atoms with E-state index in [2.05, 4.69) is 26.0 Å². The number of carbonyl (C=O) groups is 2. The Morgan fingerprint density at radius 1 is 1.42 bits per heavy atom. The molecule has 0 heterocycles. The van der Waals surface area contributed by atoms with Crippen molar-refractivity contribution in [3.8, 4) is 5.75 Å². The zero-order valence-electron chi connectivity index (χ0n) is 10.8. The van der Waals surface area contributed by atoms with Gasteiger partial charge in [-0.3, -0.25) is 9.59 Å². The van der Waals surface area contributed by atoms with Crippen LogP contribution < -0.4 is 10.1 Å². The van der Waals surface area contributed by atoms with Gasteiger partial charge < -0.3 is 14.8 Å². The van der Waals surface area contributed by atoms with Crippen LogP contribution in [-0.4, -0.2) is 31.6 Å². The highest BCUT2D eigenvalue weighted by Gasteiger charge is 2.12. The zero-order valence-corrected chi connectivity index (χ0v) is 12.4. The van der Waals surface area contributed by atoms with Crippen LogP contribution in [0.2, 0.25) is 0 Å². The lowest BCUT2D eigenvalue weighted by atomic mass is 10.2. The van der Waals surface area contributed by atoms with Crippen LogP contribution in [0.25, 0.3) is 0 Å². The molecule has 1 amide bonds. The van der Waals surface area contributed by atoms with E-state index in [1.54, 1.807) is 19.1 Å². The normalized spacial score (nSPS) is 11.5. The van der Waals surface area contributed by atoms with E-state index >= 15 is 0 Å². The monoisotopic (exact) mass is 329 g/mol. The van der Waals surface area contributed by atoms with Gasteiger partial charge in [0, 0.05) is 10.5 Å². The topological polar surface area (TPSA) is 64.6 Å². The Kier molecular flexibility index (Phi) is 6.35. The SMILES string of the molecule is COC(=O)CC(C)NC(=O)COc1cccc(Br)c1. The summed E-state index contributed by atoms with van der Waals surface area (Å²) < 4.78 is 10.7. The molecule has 19 heavy (non-hydrogen) atoms. The molecular formula is C13H16BrNO4. The molecule has 1 rings (SSSR count). The van der Waals surface area contributed by atoms with Crippen LogP contribution in [0.15, 0.2) is 28.7 Å². The number of benzene rings is 1. The first-order valence-corrected chi connectivity index (χ1v) is 6.55. The molecule has 0 saturated heterocycles. The first kappa shape index (κ1) is 15.5. The Morgan fingerprint density at radius 2 is 2.16 bits per heavy atom. The van der Waals surface area contributed by atoms with E-state index in [9.17, 15) is 9.59 Å². The molecule has 0 fully saturated rings. The van der Waals surface area contributed by atoms with Crippen molar-refractivity contribution in [3.63, 3.8) is 0 Å². The van der Waals surface area contributed by atoms with Crippen molar-refractivity contribution in [2.45, 2.75) is 19.4 Å². The molecule has 0 bridgehead atoms. The number of nitrogens with one attached hydrogen (secondary N) is 1. The first-order valence-electron chi connectivity index (χ1n) is 5.76. The highest BCUT2D eigenvalue weighted by atomic mass is 79.9. The number of rotatable bonds is 6. The highest BCUT2D eigenvalue weighted by molar-refractivity contribution is 9.10. The van der Waals surface area contributed by atoms with Gasteiger partial charge in [-0.25, -0.2) is 0 Å². The summed E-state index contributed by atoms with van der Waals surface area (Å²) in [5, 5.41) is 2.65. The maximum atomic E-state index is 11.6. The molecule has 1 N–H and O–H groups in total. The summed E-state index contributed by atoms with van der Waals surface area (Å²) in [5.74, 6) is -0.0396. The average molecular weight is 330 g/mol. The van der Waals surface area contributed by atoms with Gasteiger partial charge in [0.15, 0.2) is 6.61 Å². The number of ether oxygens (including phenoxy) is 2. The maximum Gasteiger partial charge on any atom is 0.307 e. The average Bonchev–Trinajstić information content (AvgIpc) is 2.36. The Balaban J connectivity index is 2.33. The number of hydrogen-bond acceptors (Lipinski definition) is 4. The van der Waals surface area contributed by atoms with Crippen LogP contribution in [0.1, 0.15) is 13.3 Å². The third-order valence-electron chi connectivity index (χ3n) is 2.27. The molecule has 1 unspecified atom stereocenters. The number of halogens is 1. The molecule has 5 nitrogen and oxygen atoms in total. The molecule has 6 heteroatoms. The summed E-state index contributed by atoms with van der Waals surface area (Å²) in [6, 6.07) is 6.93. The van der Waals surface area contributed by atoms with Gasteiger partial charge in [-0.05, 0) is 25.1 Å². The van der Waals surface area contributed by atoms with Crippen molar-refractivity contribution in [2.75, 3.05) is 13.7 Å². The quantitative estimate of drug-likeness (QED) is 0.809. The Bertz CT molecular complexity index is 450. The fourth-order valence-corrected chi connectivity index (χ4v) is 1.78. The summed E-state index contributed by atoms with van der Waals surface area (Å²) in [7, 11) is 1.31. The summed E-state index contributed by atoms with van der Waals surface area (Å²) in [6.07, 6.45) is 0.138. The smallest absolute Gasteiger partial charge is 0.307 e. The van der Waals surface area contributed by atoms with Crippen LogP contribution in [0.5, 0.6) is 5.75 Å². The third-order valence-corrected chi connectivity index (χ3v) is 2.77. The van der Waals surface area contributed by atoms with Crippen LogP contribution in [0.4, 0.5) is 0 Å². The molecule has 0 radical (unpaired) electrons. The summed E-state index contributed by atoms with van der Waals surface area (Å²) >= 11 is 3.31. The minimum absolute atomic E-state index is 0.0953. The molecule has 104 valence electrons. The number of methoxy groups -OCH3 is 1. The largest absolute Gasteiger partial charge is 0.484 e. The lowest BCUT2D eigenvalue weighted by molar-refractivity contribution is -0.141. The molecule has 0 aliphatic heterocycles. The second-order valence-electron chi connectivity index (χ2n) is 3.99. The number of amides is 1. The number of carbonyl (C=O) groups excluding carboxylic acids is 2. The van der Waals surface area contributed by atoms with Crippen molar-refractivity contribution in [1.29, 1.82) is 0 Å². The van der Waals surface area contributed by atoms with E-state index in [-0.39, 0.29) is 30.9 Å². The van der Waals surface area contributed by atoms with Crippen molar-refractivity contribution in [3.05, 3.63) is 28.7 Å². The molecule has 1 aromatic carbocycles. The number of esters is 1. The molecule has 0 saturated carbocycles. The predicted molar refractivity (Wildman–Crippen MR) is 73.9 cm³/mol. The van der Waals surface area contributed by atoms with Crippen LogP contribution in [0, 0.1) is 0 Å². The van der Waals surface area contributed by atoms with Gasteiger partial charge in [0.05, 0.1) is 13.5 Å². The first-order chi connectivity index (χ1) is 9.01. The second-order valence-corrected chi connectivity index (χ2v) is 4.91. The molecule has 1 aromatic rings. The molecule has 1 atom stereocenters. The Labute approximate surface area is 120 Å². The van der Waals surface area contributed by atoms with Gasteiger partial charge in [0.1, 0.15) is 5.75 Å².